The Morgan fingerprint density at radius 3 is 2.53 bits per heavy atom. The third-order valence-electron chi connectivity index (χ3n) is 2.33. The SMILES string of the molecule is NCc1cccc(-c2cc[c]cc2)c1F. The summed E-state index contributed by atoms with van der Waals surface area (Å²) in [7, 11) is 0. The molecule has 0 bridgehead atoms. The largest absolute Gasteiger partial charge is 0.326 e. The van der Waals surface area contributed by atoms with Gasteiger partial charge in [0.05, 0.1) is 0 Å². The van der Waals surface area contributed by atoms with E-state index in [1.165, 1.54) is 0 Å². The summed E-state index contributed by atoms with van der Waals surface area (Å²) in [4.78, 5) is 0. The first-order valence-electron chi connectivity index (χ1n) is 4.77. The molecule has 0 aliphatic rings. The lowest BCUT2D eigenvalue weighted by Gasteiger charge is -2.06. The summed E-state index contributed by atoms with van der Waals surface area (Å²) in [6.07, 6.45) is 0. The van der Waals surface area contributed by atoms with E-state index in [4.69, 9.17) is 5.73 Å². The fourth-order valence-corrected chi connectivity index (χ4v) is 1.53. The maximum absolute atomic E-state index is 13.9. The first-order valence-corrected chi connectivity index (χ1v) is 4.77. The Labute approximate surface area is 88.4 Å². The van der Waals surface area contributed by atoms with Gasteiger partial charge in [0.25, 0.3) is 0 Å². The predicted octanol–water partition coefficient (Wildman–Crippen LogP) is 2.75. The van der Waals surface area contributed by atoms with Crippen LogP contribution in [0.1, 0.15) is 5.56 Å². The minimum Gasteiger partial charge on any atom is -0.326 e. The first kappa shape index (κ1) is 9.87. The summed E-state index contributed by atoms with van der Waals surface area (Å²) >= 11 is 0. The molecule has 0 amide bonds. The Bertz CT molecular complexity index is 451. The van der Waals surface area contributed by atoms with E-state index in [9.17, 15) is 4.39 Å². The van der Waals surface area contributed by atoms with Crippen LogP contribution in [0.25, 0.3) is 11.1 Å². The molecule has 0 aliphatic heterocycles. The average molecular weight is 200 g/mol. The second-order valence-corrected chi connectivity index (χ2v) is 3.27. The third kappa shape index (κ3) is 1.90. The molecular formula is C13H11FN. The van der Waals surface area contributed by atoms with Crippen molar-refractivity contribution in [3.05, 3.63) is 59.9 Å². The lowest BCUT2D eigenvalue weighted by atomic mass is 10.0. The van der Waals surface area contributed by atoms with Gasteiger partial charge in [-0.05, 0) is 11.6 Å². The minimum atomic E-state index is -0.230. The Balaban J connectivity index is 2.54. The molecular weight excluding hydrogens is 189 g/mol. The number of benzene rings is 2. The number of hydrogen-bond donors (Lipinski definition) is 1. The van der Waals surface area contributed by atoms with E-state index in [0.29, 0.717) is 11.1 Å². The van der Waals surface area contributed by atoms with Crippen molar-refractivity contribution in [2.24, 2.45) is 5.73 Å². The molecule has 0 unspecified atom stereocenters. The van der Waals surface area contributed by atoms with Gasteiger partial charge in [-0.15, -0.1) is 0 Å². The molecule has 0 aliphatic carbocycles. The van der Waals surface area contributed by atoms with Crippen molar-refractivity contribution in [3.63, 3.8) is 0 Å². The van der Waals surface area contributed by atoms with Crippen LogP contribution in [0.3, 0.4) is 0 Å². The summed E-state index contributed by atoms with van der Waals surface area (Å²) in [6, 6.07) is 15.4. The Morgan fingerprint density at radius 1 is 1.13 bits per heavy atom. The van der Waals surface area contributed by atoms with Crippen molar-refractivity contribution in [1.82, 2.24) is 0 Å². The molecule has 1 radical (unpaired) electrons. The van der Waals surface area contributed by atoms with Crippen LogP contribution < -0.4 is 5.73 Å². The molecule has 2 heteroatoms. The summed E-state index contributed by atoms with van der Waals surface area (Å²) in [5.41, 5.74) is 7.43. The monoisotopic (exact) mass is 200 g/mol. The third-order valence-corrected chi connectivity index (χ3v) is 2.33. The van der Waals surface area contributed by atoms with Gasteiger partial charge in [0.15, 0.2) is 0 Å². The molecule has 0 aromatic heterocycles. The van der Waals surface area contributed by atoms with E-state index >= 15 is 0 Å². The Kier molecular flexibility index (Phi) is 2.79. The van der Waals surface area contributed by atoms with Gasteiger partial charge in [-0.2, -0.15) is 0 Å². The van der Waals surface area contributed by atoms with E-state index in [1.807, 2.05) is 18.2 Å². The quantitative estimate of drug-likeness (QED) is 0.792. The fourth-order valence-electron chi connectivity index (χ4n) is 1.53. The molecule has 2 N–H and O–H groups in total. The Morgan fingerprint density at radius 2 is 1.87 bits per heavy atom. The molecule has 0 atom stereocenters. The number of halogens is 1. The fraction of sp³-hybridized carbons (Fsp3) is 0.0769. The van der Waals surface area contributed by atoms with Gasteiger partial charge in [0.1, 0.15) is 5.82 Å². The van der Waals surface area contributed by atoms with Gasteiger partial charge < -0.3 is 5.73 Å². The standard InChI is InChI=1S/C13H11FN/c14-13-11(9-15)7-4-8-12(13)10-5-2-1-3-6-10/h2-8H,9,15H2. The molecule has 0 heterocycles. The minimum absolute atomic E-state index is 0.221. The van der Waals surface area contributed by atoms with E-state index in [-0.39, 0.29) is 12.4 Å². The molecule has 2 aromatic carbocycles. The summed E-state index contributed by atoms with van der Waals surface area (Å²) < 4.78 is 13.9. The van der Waals surface area contributed by atoms with Gasteiger partial charge in [-0.1, -0.05) is 42.5 Å². The molecule has 2 rings (SSSR count). The van der Waals surface area contributed by atoms with Gasteiger partial charge in [0, 0.05) is 17.7 Å². The molecule has 0 spiro atoms. The second kappa shape index (κ2) is 4.24. The molecule has 0 fully saturated rings. The zero-order valence-corrected chi connectivity index (χ0v) is 8.20. The summed E-state index contributed by atoms with van der Waals surface area (Å²) in [6.45, 7) is 0.221. The van der Waals surface area contributed by atoms with E-state index in [0.717, 1.165) is 5.56 Å². The molecule has 2 aromatic rings. The van der Waals surface area contributed by atoms with Crippen LogP contribution in [0.4, 0.5) is 4.39 Å². The molecule has 0 saturated heterocycles. The van der Waals surface area contributed by atoms with Crippen LogP contribution in [0.15, 0.2) is 42.5 Å². The highest BCUT2D eigenvalue weighted by molar-refractivity contribution is 5.64. The lowest BCUT2D eigenvalue weighted by molar-refractivity contribution is 0.614. The lowest BCUT2D eigenvalue weighted by Crippen LogP contribution is -2.00. The maximum atomic E-state index is 13.9. The van der Waals surface area contributed by atoms with E-state index < -0.39 is 0 Å². The van der Waals surface area contributed by atoms with Crippen LogP contribution in [0, 0.1) is 11.9 Å². The number of rotatable bonds is 2. The van der Waals surface area contributed by atoms with E-state index in [1.54, 1.807) is 24.3 Å². The van der Waals surface area contributed by atoms with Crippen LogP contribution in [0.5, 0.6) is 0 Å². The topological polar surface area (TPSA) is 26.0 Å². The molecule has 75 valence electrons. The molecule has 1 nitrogen and oxygen atoms in total. The van der Waals surface area contributed by atoms with Crippen LogP contribution >= 0.6 is 0 Å². The average Bonchev–Trinajstić information content (AvgIpc) is 2.30. The van der Waals surface area contributed by atoms with Crippen LogP contribution in [0.2, 0.25) is 0 Å². The Hall–Kier alpha value is -1.67. The van der Waals surface area contributed by atoms with E-state index in [2.05, 4.69) is 6.07 Å². The normalized spacial score (nSPS) is 10.3. The number of nitrogens with two attached hydrogens (primary N) is 1. The number of hydrogen-bond acceptors (Lipinski definition) is 1. The van der Waals surface area contributed by atoms with Crippen molar-refractivity contribution >= 4 is 0 Å². The maximum Gasteiger partial charge on any atom is 0.135 e. The zero-order chi connectivity index (χ0) is 10.7. The summed E-state index contributed by atoms with van der Waals surface area (Å²) in [5.74, 6) is -0.230. The van der Waals surface area contributed by atoms with Gasteiger partial charge in [-0.25, -0.2) is 4.39 Å². The van der Waals surface area contributed by atoms with Gasteiger partial charge in [-0.3, -0.25) is 0 Å². The van der Waals surface area contributed by atoms with Crippen molar-refractivity contribution in [1.29, 1.82) is 0 Å². The highest BCUT2D eigenvalue weighted by atomic mass is 19.1. The van der Waals surface area contributed by atoms with Crippen molar-refractivity contribution in [2.45, 2.75) is 6.54 Å². The van der Waals surface area contributed by atoms with Gasteiger partial charge >= 0.3 is 0 Å². The first-order chi connectivity index (χ1) is 7.33. The smallest absolute Gasteiger partial charge is 0.135 e. The van der Waals surface area contributed by atoms with Crippen molar-refractivity contribution < 1.29 is 4.39 Å². The summed E-state index contributed by atoms with van der Waals surface area (Å²) in [5, 5.41) is 0. The second-order valence-electron chi connectivity index (χ2n) is 3.27. The van der Waals surface area contributed by atoms with Crippen LogP contribution in [-0.4, -0.2) is 0 Å². The van der Waals surface area contributed by atoms with Crippen molar-refractivity contribution in [2.75, 3.05) is 0 Å². The van der Waals surface area contributed by atoms with Gasteiger partial charge in [0.2, 0.25) is 0 Å². The molecule has 15 heavy (non-hydrogen) atoms. The highest BCUT2D eigenvalue weighted by Crippen LogP contribution is 2.24. The van der Waals surface area contributed by atoms with Crippen LogP contribution in [-0.2, 0) is 6.54 Å². The molecule has 0 saturated carbocycles. The zero-order valence-electron chi connectivity index (χ0n) is 8.20. The predicted molar refractivity (Wildman–Crippen MR) is 58.6 cm³/mol. The highest BCUT2D eigenvalue weighted by Gasteiger charge is 2.07. The van der Waals surface area contributed by atoms with Crippen molar-refractivity contribution in [3.8, 4) is 11.1 Å².